The molecule has 1 amide bonds. The Morgan fingerprint density at radius 2 is 2.28 bits per heavy atom. The molecule has 0 saturated carbocycles. The molecule has 5 nitrogen and oxygen atoms in total. The molecule has 6 heteroatoms. The van der Waals surface area contributed by atoms with E-state index in [4.69, 9.17) is 4.74 Å². The molecule has 0 saturated heterocycles. The Balaban J connectivity index is 2.73. The van der Waals surface area contributed by atoms with E-state index in [0.29, 0.717) is 17.2 Å². The molecule has 0 aliphatic heterocycles. The molecule has 0 aliphatic carbocycles. The van der Waals surface area contributed by atoms with Crippen LogP contribution in [0.1, 0.15) is 24.2 Å². The van der Waals surface area contributed by atoms with E-state index in [-0.39, 0.29) is 5.91 Å². The van der Waals surface area contributed by atoms with Gasteiger partial charge in [-0.05, 0) is 32.2 Å². The second-order valence-corrected chi connectivity index (χ2v) is 4.30. The van der Waals surface area contributed by atoms with Crippen LogP contribution in [0.2, 0.25) is 0 Å². The van der Waals surface area contributed by atoms with Crippen molar-refractivity contribution in [2.75, 3.05) is 12.9 Å². The van der Waals surface area contributed by atoms with Crippen LogP contribution < -0.4 is 5.32 Å². The fourth-order valence-corrected chi connectivity index (χ4v) is 1.87. The maximum absolute atomic E-state index is 12.0. The van der Waals surface area contributed by atoms with Gasteiger partial charge in [0.15, 0.2) is 0 Å². The minimum Gasteiger partial charge on any atom is -0.464 e. The highest BCUT2D eigenvalue weighted by molar-refractivity contribution is 7.98. The number of hydrogen-bond donors (Lipinski definition) is 1. The highest BCUT2D eigenvalue weighted by atomic mass is 32.2. The number of pyridine rings is 1. The Labute approximate surface area is 110 Å². The number of hydrogen-bond acceptors (Lipinski definition) is 5. The summed E-state index contributed by atoms with van der Waals surface area (Å²) < 4.78 is 4.82. The summed E-state index contributed by atoms with van der Waals surface area (Å²) in [5.74, 6) is -0.770. The van der Waals surface area contributed by atoms with Gasteiger partial charge < -0.3 is 10.1 Å². The van der Waals surface area contributed by atoms with Gasteiger partial charge in [0, 0.05) is 6.20 Å². The number of aromatic nitrogens is 1. The summed E-state index contributed by atoms with van der Waals surface area (Å²) in [6.45, 7) is 3.60. The molecule has 0 fully saturated rings. The van der Waals surface area contributed by atoms with Gasteiger partial charge in [-0.3, -0.25) is 4.79 Å². The first-order valence-corrected chi connectivity index (χ1v) is 6.79. The standard InChI is InChI=1S/C12H16N2O3S/c1-4-17-12(16)8(2)14-10(15)9-6-5-7-13-11(9)18-3/h5-8H,4H2,1-3H3,(H,14,15). The average Bonchev–Trinajstić information content (AvgIpc) is 2.38. The van der Waals surface area contributed by atoms with Crippen LogP contribution in [0.4, 0.5) is 0 Å². The zero-order chi connectivity index (χ0) is 13.5. The zero-order valence-electron chi connectivity index (χ0n) is 10.6. The summed E-state index contributed by atoms with van der Waals surface area (Å²) in [6.07, 6.45) is 3.46. The molecule has 1 rings (SSSR count). The van der Waals surface area contributed by atoms with Crippen molar-refractivity contribution in [3.63, 3.8) is 0 Å². The van der Waals surface area contributed by atoms with E-state index in [0.717, 1.165) is 0 Å². The van der Waals surface area contributed by atoms with E-state index < -0.39 is 12.0 Å². The minimum absolute atomic E-state index is 0.294. The van der Waals surface area contributed by atoms with Crippen LogP contribution in [0.15, 0.2) is 23.4 Å². The van der Waals surface area contributed by atoms with Crippen LogP contribution in [0, 0.1) is 0 Å². The van der Waals surface area contributed by atoms with Crippen LogP contribution in [0.25, 0.3) is 0 Å². The number of esters is 1. The normalized spacial score (nSPS) is 11.7. The predicted molar refractivity (Wildman–Crippen MR) is 69.6 cm³/mol. The maximum Gasteiger partial charge on any atom is 0.328 e. The van der Waals surface area contributed by atoms with Gasteiger partial charge in [-0.1, -0.05) is 0 Å². The number of carbonyl (C=O) groups excluding carboxylic acids is 2. The van der Waals surface area contributed by atoms with Crippen molar-refractivity contribution in [2.24, 2.45) is 0 Å². The van der Waals surface area contributed by atoms with Gasteiger partial charge in [-0.15, -0.1) is 11.8 Å². The summed E-state index contributed by atoms with van der Waals surface area (Å²) in [4.78, 5) is 27.5. The van der Waals surface area contributed by atoms with E-state index in [1.165, 1.54) is 11.8 Å². The van der Waals surface area contributed by atoms with Gasteiger partial charge in [0.05, 0.1) is 12.2 Å². The van der Waals surface area contributed by atoms with Crippen LogP contribution in [-0.4, -0.2) is 35.8 Å². The third-order valence-electron chi connectivity index (χ3n) is 2.20. The molecule has 0 aromatic carbocycles. The third kappa shape index (κ3) is 3.73. The van der Waals surface area contributed by atoms with Crippen molar-refractivity contribution in [1.29, 1.82) is 0 Å². The monoisotopic (exact) mass is 268 g/mol. The summed E-state index contributed by atoms with van der Waals surface area (Å²) in [7, 11) is 0. The lowest BCUT2D eigenvalue weighted by Gasteiger charge is -2.13. The highest BCUT2D eigenvalue weighted by Gasteiger charge is 2.19. The first kappa shape index (κ1) is 14.5. The Morgan fingerprint density at radius 3 is 2.89 bits per heavy atom. The van der Waals surface area contributed by atoms with Gasteiger partial charge in [0.25, 0.3) is 5.91 Å². The van der Waals surface area contributed by atoms with Crippen molar-refractivity contribution >= 4 is 23.6 Å². The van der Waals surface area contributed by atoms with Gasteiger partial charge in [0.1, 0.15) is 11.1 Å². The lowest BCUT2D eigenvalue weighted by molar-refractivity contribution is -0.144. The van der Waals surface area contributed by atoms with Gasteiger partial charge in [0.2, 0.25) is 0 Å². The second kappa shape index (κ2) is 7.00. The first-order chi connectivity index (χ1) is 8.60. The molecule has 18 heavy (non-hydrogen) atoms. The fraction of sp³-hybridized carbons (Fsp3) is 0.417. The fourth-order valence-electron chi connectivity index (χ4n) is 1.33. The molecular weight excluding hydrogens is 252 g/mol. The molecule has 1 N–H and O–H groups in total. The molecule has 0 radical (unpaired) electrons. The van der Waals surface area contributed by atoms with E-state index in [1.54, 1.807) is 32.2 Å². The van der Waals surface area contributed by atoms with Crippen molar-refractivity contribution in [3.8, 4) is 0 Å². The molecule has 0 aliphatic rings. The number of amides is 1. The smallest absolute Gasteiger partial charge is 0.328 e. The molecule has 0 bridgehead atoms. The van der Waals surface area contributed by atoms with Crippen LogP contribution in [0.3, 0.4) is 0 Å². The number of nitrogens with zero attached hydrogens (tertiary/aromatic N) is 1. The molecule has 98 valence electrons. The summed E-state index contributed by atoms with van der Waals surface area (Å²) in [5.41, 5.74) is 0.459. The van der Waals surface area contributed by atoms with Crippen molar-refractivity contribution < 1.29 is 14.3 Å². The maximum atomic E-state index is 12.0. The summed E-state index contributed by atoms with van der Waals surface area (Å²) in [6, 6.07) is 2.68. The van der Waals surface area contributed by atoms with Crippen molar-refractivity contribution in [3.05, 3.63) is 23.9 Å². The van der Waals surface area contributed by atoms with Crippen LogP contribution in [0.5, 0.6) is 0 Å². The predicted octanol–water partition coefficient (Wildman–Crippen LogP) is 1.48. The van der Waals surface area contributed by atoms with Crippen LogP contribution >= 0.6 is 11.8 Å². The zero-order valence-corrected chi connectivity index (χ0v) is 11.4. The number of carbonyl (C=O) groups is 2. The lowest BCUT2D eigenvalue weighted by Crippen LogP contribution is -2.39. The van der Waals surface area contributed by atoms with Gasteiger partial charge >= 0.3 is 5.97 Å². The summed E-state index contributed by atoms with van der Waals surface area (Å²) in [5, 5.41) is 3.22. The quantitative estimate of drug-likeness (QED) is 0.647. The molecule has 1 aromatic heterocycles. The largest absolute Gasteiger partial charge is 0.464 e. The van der Waals surface area contributed by atoms with Crippen LogP contribution in [-0.2, 0) is 9.53 Å². The summed E-state index contributed by atoms with van der Waals surface area (Å²) >= 11 is 1.38. The van der Waals surface area contributed by atoms with E-state index in [2.05, 4.69) is 10.3 Å². The Kier molecular flexibility index (Phi) is 5.64. The van der Waals surface area contributed by atoms with Crippen molar-refractivity contribution in [1.82, 2.24) is 10.3 Å². The molecule has 1 aromatic rings. The number of rotatable bonds is 5. The molecular formula is C12H16N2O3S. The molecule has 1 atom stereocenters. The van der Waals surface area contributed by atoms with Gasteiger partial charge in [-0.2, -0.15) is 0 Å². The van der Waals surface area contributed by atoms with Crippen molar-refractivity contribution in [2.45, 2.75) is 24.9 Å². The minimum atomic E-state index is -0.674. The third-order valence-corrected chi connectivity index (χ3v) is 2.91. The topological polar surface area (TPSA) is 68.3 Å². The second-order valence-electron chi connectivity index (χ2n) is 3.51. The number of nitrogens with one attached hydrogen (secondary N) is 1. The molecule has 1 unspecified atom stereocenters. The first-order valence-electron chi connectivity index (χ1n) is 5.56. The average molecular weight is 268 g/mol. The Bertz CT molecular complexity index is 437. The molecule has 1 heterocycles. The Morgan fingerprint density at radius 1 is 1.56 bits per heavy atom. The SMILES string of the molecule is CCOC(=O)C(C)NC(=O)c1cccnc1SC. The number of thioether (sulfide) groups is 1. The number of ether oxygens (including phenoxy) is 1. The Hall–Kier alpha value is -1.56. The van der Waals surface area contributed by atoms with E-state index in [1.807, 2.05) is 6.26 Å². The highest BCUT2D eigenvalue weighted by Crippen LogP contribution is 2.16. The van der Waals surface area contributed by atoms with Gasteiger partial charge in [-0.25, -0.2) is 9.78 Å². The van der Waals surface area contributed by atoms with E-state index in [9.17, 15) is 9.59 Å². The lowest BCUT2D eigenvalue weighted by atomic mass is 10.2. The van der Waals surface area contributed by atoms with E-state index >= 15 is 0 Å². The molecule has 0 spiro atoms.